The van der Waals surface area contributed by atoms with Crippen molar-refractivity contribution in [2.45, 2.75) is 25.9 Å². The van der Waals surface area contributed by atoms with Gasteiger partial charge in [-0.2, -0.15) is 0 Å². The van der Waals surface area contributed by atoms with Crippen molar-refractivity contribution in [2.24, 2.45) is 0 Å². The lowest BCUT2D eigenvalue weighted by molar-refractivity contribution is 0.479. The van der Waals surface area contributed by atoms with Gasteiger partial charge in [-0.3, -0.25) is 0 Å². The van der Waals surface area contributed by atoms with Gasteiger partial charge >= 0.3 is 0 Å². The number of hydrogen-bond donors (Lipinski definition) is 2. The predicted octanol–water partition coefficient (Wildman–Crippen LogP) is 4.11. The highest BCUT2D eigenvalue weighted by molar-refractivity contribution is 5.74. The van der Waals surface area contributed by atoms with Gasteiger partial charge in [0.25, 0.3) is 0 Å². The predicted molar refractivity (Wildman–Crippen MR) is 82.5 cm³/mol. The molecule has 2 aromatic carbocycles. The molecule has 0 fully saturated rings. The average molecular weight is 283 g/mol. The number of imidazole rings is 1. The van der Waals surface area contributed by atoms with Crippen molar-refractivity contribution >= 4 is 11.0 Å². The highest BCUT2D eigenvalue weighted by atomic mass is 19.1. The summed E-state index contributed by atoms with van der Waals surface area (Å²) in [4.78, 5) is 7.92. The van der Waals surface area contributed by atoms with Crippen LogP contribution in [0.25, 0.3) is 11.0 Å². The number of nitrogens with one attached hydrogen (secondary N) is 2. The number of rotatable bonds is 4. The second-order valence-corrected chi connectivity index (χ2v) is 5.30. The summed E-state index contributed by atoms with van der Waals surface area (Å²) < 4.78 is 13.0. The SMILES string of the molecule is CC(NC(C)c1nc2ccccc2[nH]1)c1ccc(F)cc1. The first-order valence-corrected chi connectivity index (χ1v) is 7.09. The standard InChI is InChI=1S/C17H18FN3/c1-11(13-7-9-14(18)10-8-13)19-12(2)17-20-15-5-3-4-6-16(15)21-17/h3-12,19H,1-2H3,(H,20,21). The molecule has 1 heterocycles. The summed E-state index contributed by atoms with van der Waals surface area (Å²) in [5.74, 6) is 0.696. The number of nitrogens with zero attached hydrogens (tertiary/aromatic N) is 1. The number of fused-ring (bicyclic) bond motifs is 1. The second kappa shape index (κ2) is 5.66. The smallest absolute Gasteiger partial charge is 0.124 e. The molecule has 0 aliphatic heterocycles. The Hall–Kier alpha value is -2.20. The van der Waals surface area contributed by atoms with E-state index in [-0.39, 0.29) is 17.9 Å². The van der Waals surface area contributed by atoms with E-state index in [9.17, 15) is 4.39 Å². The highest BCUT2D eigenvalue weighted by Gasteiger charge is 2.14. The number of H-pyrrole nitrogens is 1. The number of benzene rings is 2. The maximum absolute atomic E-state index is 13.0. The quantitative estimate of drug-likeness (QED) is 0.756. The molecule has 0 spiro atoms. The van der Waals surface area contributed by atoms with Crippen LogP contribution in [0.15, 0.2) is 48.5 Å². The molecule has 3 nitrogen and oxygen atoms in total. The Morgan fingerprint density at radius 3 is 2.43 bits per heavy atom. The summed E-state index contributed by atoms with van der Waals surface area (Å²) in [6.07, 6.45) is 0. The lowest BCUT2D eigenvalue weighted by Gasteiger charge is -2.18. The minimum absolute atomic E-state index is 0.0810. The number of aromatic nitrogens is 2. The third-order valence-electron chi connectivity index (χ3n) is 3.69. The number of aromatic amines is 1. The fourth-order valence-corrected chi connectivity index (χ4v) is 2.48. The normalized spacial score (nSPS) is 14.2. The molecule has 3 rings (SSSR count). The lowest BCUT2D eigenvalue weighted by Crippen LogP contribution is -2.23. The zero-order valence-electron chi connectivity index (χ0n) is 12.1. The molecule has 0 amide bonds. The zero-order valence-corrected chi connectivity index (χ0v) is 12.1. The molecule has 1 aromatic heterocycles. The van der Waals surface area contributed by atoms with Gasteiger partial charge in [0.1, 0.15) is 11.6 Å². The molecule has 2 atom stereocenters. The minimum atomic E-state index is -0.212. The third kappa shape index (κ3) is 2.95. The number of para-hydroxylation sites is 2. The van der Waals surface area contributed by atoms with Gasteiger partial charge in [0.2, 0.25) is 0 Å². The molecule has 4 heteroatoms. The Morgan fingerprint density at radius 2 is 1.71 bits per heavy atom. The van der Waals surface area contributed by atoms with E-state index >= 15 is 0 Å². The van der Waals surface area contributed by atoms with Crippen molar-refractivity contribution in [1.29, 1.82) is 0 Å². The van der Waals surface area contributed by atoms with Gasteiger partial charge in [-0.05, 0) is 43.7 Å². The van der Waals surface area contributed by atoms with Crippen LogP contribution in [0.2, 0.25) is 0 Å². The average Bonchev–Trinajstić information content (AvgIpc) is 2.92. The van der Waals surface area contributed by atoms with Crippen LogP contribution in [0.5, 0.6) is 0 Å². The molecular weight excluding hydrogens is 265 g/mol. The molecule has 2 unspecified atom stereocenters. The van der Waals surface area contributed by atoms with Gasteiger partial charge in [-0.25, -0.2) is 9.37 Å². The van der Waals surface area contributed by atoms with Crippen molar-refractivity contribution in [3.8, 4) is 0 Å². The van der Waals surface area contributed by atoms with Gasteiger partial charge < -0.3 is 10.3 Å². The van der Waals surface area contributed by atoms with Crippen LogP contribution < -0.4 is 5.32 Å². The van der Waals surface area contributed by atoms with E-state index in [1.807, 2.05) is 24.3 Å². The van der Waals surface area contributed by atoms with Crippen molar-refractivity contribution in [1.82, 2.24) is 15.3 Å². The van der Waals surface area contributed by atoms with E-state index in [4.69, 9.17) is 0 Å². The van der Waals surface area contributed by atoms with Crippen molar-refractivity contribution in [3.63, 3.8) is 0 Å². The van der Waals surface area contributed by atoms with Crippen LogP contribution in [0, 0.1) is 5.82 Å². The Labute approximate surface area is 123 Å². The maximum atomic E-state index is 13.0. The Morgan fingerprint density at radius 1 is 1.00 bits per heavy atom. The summed E-state index contributed by atoms with van der Waals surface area (Å²) >= 11 is 0. The van der Waals surface area contributed by atoms with E-state index in [0.717, 1.165) is 22.4 Å². The van der Waals surface area contributed by atoms with E-state index in [2.05, 4.69) is 29.1 Å². The van der Waals surface area contributed by atoms with E-state index in [0.29, 0.717) is 0 Å². The number of hydrogen-bond acceptors (Lipinski definition) is 2. The topological polar surface area (TPSA) is 40.7 Å². The summed E-state index contributed by atoms with van der Waals surface area (Å²) in [6, 6.07) is 14.8. The lowest BCUT2D eigenvalue weighted by atomic mass is 10.1. The Kier molecular flexibility index (Phi) is 3.71. The molecule has 0 saturated heterocycles. The minimum Gasteiger partial charge on any atom is -0.341 e. The van der Waals surface area contributed by atoms with Gasteiger partial charge in [-0.15, -0.1) is 0 Å². The van der Waals surface area contributed by atoms with Crippen LogP contribution in [0.4, 0.5) is 4.39 Å². The van der Waals surface area contributed by atoms with Crippen LogP contribution in [-0.4, -0.2) is 9.97 Å². The van der Waals surface area contributed by atoms with Crippen LogP contribution in [-0.2, 0) is 0 Å². The molecule has 3 aromatic rings. The number of halogens is 1. The Balaban J connectivity index is 1.75. The molecule has 108 valence electrons. The molecule has 21 heavy (non-hydrogen) atoms. The molecule has 0 radical (unpaired) electrons. The molecule has 0 saturated carbocycles. The largest absolute Gasteiger partial charge is 0.341 e. The van der Waals surface area contributed by atoms with E-state index in [1.165, 1.54) is 12.1 Å². The Bertz CT molecular complexity index is 700. The fraction of sp³-hybridized carbons (Fsp3) is 0.235. The van der Waals surface area contributed by atoms with Crippen LogP contribution in [0.1, 0.15) is 37.3 Å². The van der Waals surface area contributed by atoms with Crippen molar-refractivity contribution in [3.05, 3.63) is 65.7 Å². The first kappa shape index (κ1) is 13.8. The van der Waals surface area contributed by atoms with Gasteiger partial charge in [-0.1, -0.05) is 24.3 Å². The third-order valence-corrected chi connectivity index (χ3v) is 3.69. The van der Waals surface area contributed by atoms with E-state index in [1.54, 1.807) is 12.1 Å². The molecule has 0 aliphatic rings. The molecule has 0 bridgehead atoms. The van der Waals surface area contributed by atoms with Gasteiger partial charge in [0.15, 0.2) is 0 Å². The highest BCUT2D eigenvalue weighted by Crippen LogP contribution is 2.20. The molecule has 2 N–H and O–H groups in total. The summed E-state index contributed by atoms with van der Waals surface area (Å²) in [5, 5.41) is 3.48. The summed E-state index contributed by atoms with van der Waals surface area (Å²) in [6.45, 7) is 4.13. The van der Waals surface area contributed by atoms with Crippen molar-refractivity contribution in [2.75, 3.05) is 0 Å². The van der Waals surface area contributed by atoms with Gasteiger partial charge in [0, 0.05) is 6.04 Å². The summed E-state index contributed by atoms with van der Waals surface area (Å²) in [5.41, 5.74) is 3.06. The molecular formula is C17H18FN3. The van der Waals surface area contributed by atoms with Crippen molar-refractivity contribution < 1.29 is 4.39 Å². The fourth-order valence-electron chi connectivity index (χ4n) is 2.48. The summed E-state index contributed by atoms with van der Waals surface area (Å²) in [7, 11) is 0. The second-order valence-electron chi connectivity index (χ2n) is 5.30. The first-order chi connectivity index (χ1) is 10.1. The zero-order chi connectivity index (χ0) is 14.8. The maximum Gasteiger partial charge on any atom is 0.124 e. The monoisotopic (exact) mass is 283 g/mol. The van der Waals surface area contributed by atoms with Crippen LogP contribution >= 0.6 is 0 Å². The van der Waals surface area contributed by atoms with Gasteiger partial charge in [0.05, 0.1) is 17.1 Å². The van der Waals surface area contributed by atoms with Crippen LogP contribution in [0.3, 0.4) is 0 Å². The first-order valence-electron chi connectivity index (χ1n) is 7.09. The molecule has 0 aliphatic carbocycles. The van der Waals surface area contributed by atoms with E-state index < -0.39 is 0 Å².